The lowest BCUT2D eigenvalue weighted by molar-refractivity contribution is 0.0963. The lowest BCUT2D eigenvalue weighted by Gasteiger charge is -2.24. The second kappa shape index (κ2) is 9.38. The molecule has 0 unspecified atom stereocenters. The molecule has 7 nitrogen and oxygen atoms in total. The van der Waals surface area contributed by atoms with Gasteiger partial charge in [-0.05, 0) is 60.4 Å². The summed E-state index contributed by atoms with van der Waals surface area (Å²) in [5.41, 5.74) is 4.03. The monoisotopic (exact) mass is 488 g/mol. The van der Waals surface area contributed by atoms with Crippen LogP contribution in [0.1, 0.15) is 34.0 Å². The maximum absolute atomic E-state index is 13.1. The number of pyridine rings is 1. The van der Waals surface area contributed by atoms with Gasteiger partial charge in [0.15, 0.2) is 17.3 Å². The van der Waals surface area contributed by atoms with Gasteiger partial charge < -0.3 is 19.2 Å². The number of nitrogens with zero attached hydrogens (tertiary/aromatic N) is 1. The third-order valence-corrected chi connectivity index (χ3v) is 7.18. The second-order valence-corrected chi connectivity index (χ2v) is 9.17. The van der Waals surface area contributed by atoms with Gasteiger partial charge in [-0.15, -0.1) is 11.3 Å². The molecule has 2 aromatic carbocycles. The number of aromatic amines is 1. The first-order valence-electron chi connectivity index (χ1n) is 11.1. The van der Waals surface area contributed by atoms with E-state index in [-0.39, 0.29) is 17.3 Å². The van der Waals surface area contributed by atoms with E-state index in [0.29, 0.717) is 46.2 Å². The molecule has 0 amide bonds. The third kappa shape index (κ3) is 4.33. The largest absolute Gasteiger partial charge is 0.497 e. The van der Waals surface area contributed by atoms with E-state index in [4.69, 9.17) is 14.2 Å². The van der Waals surface area contributed by atoms with Crippen molar-refractivity contribution in [1.82, 2.24) is 9.97 Å². The zero-order valence-electron chi connectivity index (χ0n) is 19.6. The molecular weight excluding hydrogens is 464 g/mol. The molecule has 0 fully saturated rings. The summed E-state index contributed by atoms with van der Waals surface area (Å²) in [5.74, 6) is 1.95. The maximum atomic E-state index is 13.1. The van der Waals surface area contributed by atoms with Crippen molar-refractivity contribution in [2.45, 2.75) is 18.8 Å². The lowest BCUT2D eigenvalue weighted by Crippen LogP contribution is -2.24. The zero-order chi connectivity index (χ0) is 24.5. The van der Waals surface area contributed by atoms with Crippen LogP contribution in [0.2, 0.25) is 0 Å². The van der Waals surface area contributed by atoms with Gasteiger partial charge in [-0.25, -0.2) is 4.98 Å². The summed E-state index contributed by atoms with van der Waals surface area (Å²) in [4.78, 5) is 33.7. The Kier molecular flexibility index (Phi) is 6.13. The summed E-state index contributed by atoms with van der Waals surface area (Å²) in [6.07, 6.45) is 0.907. The topological polar surface area (TPSA) is 90.5 Å². The Hall–Kier alpha value is -3.91. The number of carbonyl (C=O) groups is 1. The highest BCUT2D eigenvalue weighted by atomic mass is 32.1. The van der Waals surface area contributed by atoms with Crippen LogP contribution < -0.4 is 19.8 Å². The van der Waals surface area contributed by atoms with Crippen LogP contribution in [0.5, 0.6) is 17.2 Å². The Morgan fingerprint density at radius 1 is 0.886 bits per heavy atom. The molecule has 2 heterocycles. The van der Waals surface area contributed by atoms with Crippen molar-refractivity contribution in [3.63, 3.8) is 0 Å². The molecule has 8 heteroatoms. The summed E-state index contributed by atoms with van der Waals surface area (Å²) >= 11 is 1.38. The fourth-order valence-electron chi connectivity index (χ4n) is 4.42. The van der Waals surface area contributed by atoms with E-state index >= 15 is 0 Å². The molecule has 1 atom stereocenters. The number of benzene rings is 2. The average molecular weight is 489 g/mol. The molecule has 0 saturated carbocycles. The van der Waals surface area contributed by atoms with Gasteiger partial charge in [-0.3, -0.25) is 9.59 Å². The predicted molar refractivity (Wildman–Crippen MR) is 135 cm³/mol. The van der Waals surface area contributed by atoms with Gasteiger partial charge in [0.25, 0.3) is 5.56 Å². The van der Waals surface area contributed by atoms with E-state index in [0.717, 1.165) is 22.6 Å². The van der Waals surface area contributed by atoms with Crippen LogP contribution in [0, 0.1) is 0 Å². The summed E-state index contributed by atoms with van der Waals surface area (Å²) in [5, 5.41) is 2.49. The minimum absolute atomic E-state index is 0.00420. The summed E-state index contributed by atoms with van der Waals surface area (Å²) in [6, 6.07) is 14.9. The van der Waals surface area contributed by atoms with Crippen molar-refractivity contribution in [3.8, 4) is 39.1 Å². The van der Waals surface area contributed by atoms with Gasteiger partial charge >= 0.3 is 0 Å². The average Bonchev–Trinajstić information content (AvgIpc) is 3.38. The van der Waals surface area contributed by atoms with Crippen molar-refractivity contribution in [2.24, 2.45) is 0 Å². The smallest absolute Gasteiger partial charge is 0.258 e. The van der Waals surface area contributed by atoms with E-state index in [2.05, 4.69) is 9.97 Å². The molecule has 35 heavy (non-hydrogen) atoms. The number of Topliss-reactive ketones (excluding diaryl/α,β-unsaturated/α-hetero) is 1. The van der Waals surface area contributed by atoms with Gasteiger partial charge in [0, 0.05) is 28.6 Å². The number of aromatic nitrogens is 2. The standard InChI is InChI=1S/C27H24N2O5S/c1-32-18-7-4-15(5-8-18)22-14-35-27(29-22)20-13-19-21(28-26(20)31)10-17(11-23(19)30)16-6-9-24(33-2)25(12-16)34-3/h4-9,12-14,17H,10-11H2,1-3H3,(H,28,31)/t17-/m1/s1. The molecule has 0 bridgehead atoms. The Balaban J connectivity index is 1.44. The molecule has 1 aliphatic rings. The highest BCUT2D eigenvalue weighted by Crippen LogP contribution is 2.37. The van der Waals surface area contributed by atoms with Gasteiger partial charge in [-0.1, -0.05) is 6.07 Å². The minimum Gasteiger partial charge on any atom is -0.497 e. The number of rotatable bonds is 6. The number of hydrogen-bond donors (Lipinski definition) is 1. The molecular formula is C27H24N2O5S. The van der Waals surface area contributed by atoms with Crippen molar-refractivity contribution in [1.29, 1.82) is 0 Å². The highest BCUT2D eigenvalue weighted by Gasteiger charge is 2.29. The molecule has 0 radical (unpaired) electrons. The number of fused-ring (bicyclic) bond motifs is 1. The van der Waals surface area contributed by atoms with Crippen LogP contribution in [0.3, 0.4) is 0 Å². The Morgan fingerprint density at radius 3 is 2.37 bits per heavy atom. The third-order valence-electron chi connectivity index (χ3n) is 6.30. The quantitative estimate of drug-likeness (QED) is 0.406. The lowest BCUT2D eigenvalue weighted by atomic mass is 9.81. The first-order valence-corrected chi connectivity index (χ1v) is 12.0. The van der Waals surface area contributed by atoms with Gasteiger partial charge in [-0.2, -0.15) is 0 Å². The number of nitrogens with one attached hydrogen (secondary N) is 1. The molecule has 2 aromatic heterocycles. The van der Waals surface area contributed by atoms with Gasteiger partial charge in [0.2, 0.25) is 0 Å². The van der Waals surface area contributed by atoms with Gasteiger partial charge in [0.1, 0.15) is 10.8 Å². The normalized spacial score (nSPS) is 14.9. The molecule has 178 valence electrons. The Bertz CT molecular complexity index is 1460. The highest BCUT2D eigenvalue weighted by molar-refractivity contribution is 7.13. The molecule has 1 N–H and O–H groups in total. The summed E-state index contributed by atoms with van der Waals surface area (Å²) in [6.45, 7) is 0. The number of H-pyrrole nitrogens is 1. The number of methoxy groups -OCH3 is 3. The SMILES string of the molecule is COc1ccc(-c2csc(-c3cc4c([nH]c3=O)C[C@@H](c3ccc(OC)c(OC)c3)CC4=O)n2)cc1. The summed E-state index contributed by atoms with van der Waals surface area (Å²) < 4.78 is 15.9. The number of carbonyl (C=O) groups excluding carboxylic acids is 1. The fraction of sp³-hybridized carbons (Fsp3) is 0.222. The second-order valence-electron chi connectivity index (χ2n) is 8.31. The maximum Gasteiger partial charge on any atom is 0.258 e. The molecule has 5 rings (SSSR count). The van der Waals surface area contributed by atoms with Gasteiger partial charge in [0.05, 0.1) is 32.6 Å². The van der Waals surface area contributed by atoms with Crippen LogP contribution in [0.15, 0.2) is 58.7 Å². The van der Waals surface area contributed by atoms with Crippen molar-refractivity contribution >= 4 is 17.1 Å². The van der Waals surface area contributed by atoms with Crippen molar-refractivity contribution in [2.75, 3.05) is 21.3 Å². The molecule has 4 aromatic rings. The van der Waals surface area contributed by atoms with Crippen LogP contribution in [0.4, 0.5) is 0 Å². The number of ketones is 1. The van der Waals surface area contributed by atoms with E-state index < -0.39 is 0 Å². The summed E-state index contributed by atoms with van der Waals surface area (Å²) in [7, 11) is 4.79. The van der Waals surface area contributed by atoms with E-state index in [1.165, 1.54) is 11.3 Å². The van der Waals surface area contributed by atoms with Crippen LogP contribution in [-0.2, 0) is 6.42 Å². The molecule has 1 aliphatic carbocycles. The predicted octanol–water partition coefficient (Wildman–Crippen LogP) is 5.10. The Labute approximate surface area is 206 Å². The van der Waals surface area contributed by atoms with Crippen LogP contribution in [-0.4, -0.2) is 37.1 Å². The molecule has 0 saturated heterocycles. The number of hydrogen-bond acceptors (Lipinski definition) is 7. The molecule has 0 aliphatic heterocycles. The first kappa shape index (κ1) is 22.9. The Morgan fingerprint density at radius 2 is 1.66 bits per heavy atom. The number of ether oxygens (including phenoxy) is 3. The van der Waals surface area contributed by atoms with E-state index in [1.807, 2.05) is 47.8 Å². The minimum atomic E-state index is -0.250. The molecule has 0 spiro atoms. The fourth-order valence-corrected chi connectivity index (χ4v) is 5.27. The first-order chi connectivity index (χ1) is 17.0. The zero-order valence-corrected chi connectivity index (χ0v) is 20.4. The van der Waals surface area contributed by atoms with Crippen LogP contribution >= 0.6 is 11.3 Å². The van der Waals surface area contributed by atoms with Crippen molar-refractivity contribution in [3.05, 3.63) is 81.1 Å². The van der Waals surface area contributed by atoms with E-state index in [1.54, 1.807) is 27.4 Å². The number of thiazole rings is 1. The van der Waals surface area contributed by atoms with E-state index in [9.17, 15) is 9.59 Å². The van der Waals surface area contributed by atoms with Crippen molar-refractivity contribution < 1.29 is 19.0 Å². The van der Waals surface area contributed by atoms with Crippen LogP contribution in [0.25, 0.3) is 21.8 Å².